The number of anilines is 1. The molecule has 0 aromatic carbocycles. The van der Waals surface area contributed by atoms with E-state index in [0.717, 1.165) is 24.6 Å². The summed E-state index contributed by atoms with van der Waals surface area (Å²) in [6.07, 6.45) is 2.46. The average molecular weight is 229 g/mol. The first kappa shape index (κ1) is 12.4. The van der Waals surface area contributed by atoms with Crippen molar-refractivity contribution in [2.75, 3.05) is 25.5 Å². The molecular weight excluding hydrogens is 210 g/mol. The van der Waals surface area contributed by atoms with Crippen molar-refractivity contribution in [3.63, 3.8) is 0 Å². The molecule has 0 amide bonds. The Bertz CT molecular complexity index is 286. The maximum atomic E-state index is 9.07. The van der Waals surface area contributed by atoms with E-state index in [4.69, 9.17) is 5.11 Å². The minimum absolute atomic E-state index is 0.226. The molecule has 0 aliphatic rings. The molecule has 0 saturated carbocycles. The normalized spacial score (nSPS) is 12.8. The Labute approximate surface area is 94.9 Å². The molecule has 0 spiro atoms. The van der Waals surface area contributed by atoms with E-state index in [1.54, 1.807) is 18.3 Å². The zero-order valence-electron chi connectivity index (χ0n) is 9.53. The summed E-state index contributed by atoms with van der Waals surface area (Å²) in [5.74, 6) is 0. The predicted octanol–water partition coefficient (Wildman–Crippen LogP) is 1.07. The van der Waals surface area contributed by atoms with Crippen molar-refractivity contribution in [3.8, 4) is 0 Å². The van der Waals surface area contributed by atoms with Crippen LogP contribution in [0.4, 0.5) is 5.13 Å². The molecule has 0 radical (unpaired) electrons. The summed E-state index contributed by atoms with van der Waals surface area (Å²) in [5, 5.41) is 13.4. The number of thiazole rings is 1. The van der Waals surface area contributed by atoms with Gasteiger partial charge in [0.15, 0.2) is 5.13 Å². The molecule has 86 valence electrons. The number of rotatable bonds is 6. The van der Waals surface area contributed by atoms with Gasteiger partial charge in [0.2, 0.25) is 0 Å². The van der Waals surface area contributed by atoms with Crippen molar-refractivity contribution in [1.82, 2.24) is 10.3 Å². The minimum atomic E-state index is -0.226. The van der Waals surface area contributed by atoms with Crippen LogP contribution in [0.15, 0.2) is 6.20 Å². The second kappa shape index (κ2) is 6.05. The minimum Gasteiger partial charge on any atom is -0.393 e. The van der Waals surface area contributed by atoms with E-state index in [1.165, 1.54) is 4.88 Å². The monoisotopic (exact) mass is 229 g/mol. The van der Waals surface area contributed by atoms with Gasteiger partial charge in [-0.1, -0.05) is 0 Å². The Morgan fingerprint density at radius 3 is 2.87 bits per heavy atom. The summed E-state index contributed by atoms with van der Waals surface area (Å²) in [6, 6.07) is 0. The van der Waals surface area contributed by atoms with E-state index in [2.05, 4.69) is 10.3 Å². The number of aliphatic hydroxyl groups is 1. The third-order valence-corrected chi connectivity index (χ3v) is 3.13. The van der Waals surface area contributed by atoms with Crippen LogP contribution in [0.2, 0.25) is 0 Å². The number of aromatic nitrogens is 1. The zero-order valence-corrected chi connectivity index (χ0v) is 10.3. The lowest BCUT2D eigenvalue weighted by molar-refractivity contribution is 0.183. The lowest BCUT2D eigenvalue weighted by Gasteiger charge is -2.06. The number of aliphatic hydroxyl groups excluding tert-OH is 1. The van der Waals surface area contributed by atoms with Gasteiger partial charge in [0.05, 0.1) is 6.10 Å². The van der Waals surface area contributed by atoms with Crippen LogP contribution in [0.3, 0.4) is 0 Å². The van der Waals surface area contributed by atoms with Crippen molar-refractivity contribution >= 4 is 16.5 Å². The molecule has 0 saturated heterocycles. The number of hydrogen-bond acceptors (Lipinski definition) is 5. The highest BCUT2D eigenvalue weighted by Gasteiger charge is 2.03. The van der Waals surface area contributed by atoms with Gasteiger partial charge in [-0.05, 0) is 19.9 Å². The van der Waals surface area contributed by atoms with Gasteiger partial charge < -0.3 is 15.3 Å². The molecule has 1 atom stereocenters. The van der Waals surface area contributed by atoms with Crippen LogP contribution < -0.4 is 10.2 Å². The van der Waals surface area contributed by atoms with Crippen LogP contribution in [0.1, 0.15) is 18.2 Å². The summed E-state index contributed by atoms with van der Waals surface area (Å²) in [7, 11) is 3.98. The molecule has 1 aromatic heterocycles. The molecule has 15 heavy (non-hydrogen) atoms. The van der Waals surface area contributed by atoms with Crippen molar-refractivity contribution in [2.24, 2.45) is 0 Å². The topological polar surface area (TPSA) is 48.4 Å². The first-order valence-corrected chi connectivity index (χ1v) is 5.92. The second-order valence-electron chi connectivity index (χ2n) is 3.82. The highest BCUT2D eigenvalue weighted by Crippen LogP contribution is 2.19. The van der Waals surface area contributed by atoms with Crippen LogP contribution in [0.5, 0.6) is 0 Å². The Hall–Kier alpha value is -0.650. The maximum Gasteiger partial charge on any atom is 0.185 e. The summed E-state index contributed by atoms with van der Waals surface area (Å²) >= 11 is 1.69. The molecule has 0 bridgehead atoms. The van der Waals surface area contributed by atoms with Gasteiger partial charge in [-0.2, -0.15) is 0 Å². The molecule has 1 heterocycles. The summed E-state index contributed by atoms with van der Waals surface area (Å²) in [4.78, 5) is 7.51. The van der Waals surface area contributed by atoms with Gasteiger partial charge in [0.1, 0.15) is 0 Å². The number of nitrogens with zero attached hydrogens (tertiary/aromatic N) is 2. The molecule has 1 rings (SSSR count). The Balaban J connectivity index is 2.26. The fourth-order valence-electron chi connectivity index (χ4n) is 1.11. The molecule has 1 unspecified atom stereocenters. The average Bonchev–Trinajstić information content (AvgIpc) is 2.60. The highest BCUT2D eigenvalue weighted by atomic mass is 32.1. The number of hydrogen-bond donors (Lipinski definition) is 2. The second-order valence-corrected chi connectivity index (χ2v) is 4.91. The quantitative estimate of drug-likeness (QED) is 0.716. The third-order valence-electron chi connectivity index (χ3n) is 1.96. The van der Waals surface area contributed by atoms with Crippen molar-refractivity contribution < 1.29 is 5.11 Å². The van der Waals surface area contributed by atoms with Crippen LogP contribution in [0, 0.1) is 0 Å². The van der Waals surface area contributed by atoms with Crippen molar-refractivity contribution in [3.05, 3.63) is 11.1 Å². The largest absolute Gasteiger partial charge is 0.393 e. The van der Waals surface area contributed by atoms with E-state index < -0.39 is 0 Å². The summed E-state index contributed by atoms with van der Waals surface area (Å²) in [6.45, 7) is 3.48. The molecule has 0 aliphatic carbocycles. The van der Waals surface area contributed by atoms with Crippen LogP contribution in [-0.4, -0.2) is 36.8 Å². The van der Waals surface area contributed by atoms with Gasteiger partial charge in [-0.3, -0.25) is 0 Å². The molecule has 4 nitrogen and oxygen atoms in total. The van der Waals surface area contributed by atoms with Crippen LogP contribution in [0.25, 0.3) is 0 Å². The lowest BCUT2D eigenvalue weighted by Crippen LogP contribution is -2.18. The first-order chi connectivity index (χ1) is 7.09. The van der Waals surface area contributed by atoms with Crippen molar-refractivity contribution in [1.29, 1.82) is 0 Å². The molecule has 2 N–H and O–H groups in total. The van der Waals surface area contributed by atoms with E-state index in [-0.39, 0.29) is 6.10 Å². The summed E-state index contributed by atoms with van der Waals surface area (Å²) in [5.41, 5.74) is 0. The molecule has 5 heteroatoms. The van der Waals surface area contributed by atoms with Crippen LogP contribution in [-0.2, 0) is 6.54 Å². The Morgan fingerprint density at radius 1 is 1.60 bits per heavy atom. The first-order valence-electron chi connectivity index (χ1n) is 5.10. The summed E-state index contributed by atoms with van der Waals surface area (Å²) < 4.78 is 0. The Morgan fingerprint density at radius 2 is 2.33 bits per heavy atom. The number of nitrogens with one attached hydrogen (secondary N) is 1. The predicted molar refractivity (Wildman–Crippen MR) is 64.4 cm³/mol. The smallest absolute Gasteiger partial charge is 0.185 e. The maximum absolute atomic E-state index is 9.07. The standard InChI is InChI=1S/C10H19N3OS/c1-8(14)4-5-11-6-9-7-12-10(15-9)13(2)3/h7-8,11,14H,4-6H2,1-3H3. The molecule has 1 aromatic rings. The van der Waals surface area contributed by atoms with E-state index in [9.17, 15) is 0 Å². The van der Waals surface area contributed by atoms with Crippen LogP contribution >= 0.6 is 11.3 Å². The molecular formula is C10H19N3OS. The fourth-order valence-corrected chi connectivity index (χ4v) is 1.91. The zero-order chi connectivity index (χ0) is 11.3. The van der Waals surface area contributed by atoms with E-state index in [1.807, 2.05) is 25.2 Å². The SMILES string of the molecule is CC(O)CCNCc1cnc(N(C)C)s1. The van der Waals surface area contributed by atoms with E-state index >= 15 is 0 Å². The fraction of sp³-hybridized carbons (Fsp3) is 0.700. The van der Waals surface area contributed by atoms with Gasteiger partial charge in [-0.25, -0.2) is 4.98 Å². The lowest BCUT2D eigenvalue weighted by atomic mass is 10.3. The molecule has 0 fully saturated rings. The van der Waals surface area contributed by atoms with E-state index in [0.29, 0.717) is 0 Å². The van der Waals surface area contributed by atoms with Crippen molar-refractivity contribution in [2.45, 2.75) is 26.0 Å². The third kappa shape index (κ3) is 4.59. The van der Waals surface area contributed by atoms with Gasteiger partial charge >= 0.3 is 0 Å². The van der Waals surface area contributed by atoms with Gasteiger partial charge in [-0.15, -0.1) is 11.3 Å². The molecule has 0 aliphatic heterocycles. The Kier molecular flexibility index (Phi) is 5.01. The van der Waals surface area contributed by atoms with Gasteiger partial charge in [0, 0.05) is 31.7 Å². The highest BCUT2D eigenvalue weighted by molar-refractivity contribution is 7.15. The van der Waals surface area contributed by atoms with Gasteiger partial charge in [0.25, 0.3) is 0 Å².